The smallest absolute Gasteiger partial charge is 0.0604 e. The zero-order valence-electron chi connectivity index (χ0n) is 11.4. The molecule has 5 atom stereocenters. The predicted molar refractivity (Wildman–Crippen MR) is 67.5 cm³/mol. The van der Waals surface area contributed by atoms with Crippen molar-refractivity contribution in [2.45, 2.75) is 71.5 Å². The molecule has 3 aliphatic carbocycles. The van der Waals surface area contributed by atoms with Crippen LogP contribution >= 0.6 is 0 Å². The maximum atomic E-state index is 10.6. The van der Waals surface area contributed by atoms with E-state index >= 15 is 0 Å². The Hall–Kier alpha value is -0.0800. The highest BCUT2D eigenvalue weighted by Gasteiger charge is 2.64. The lowest BCUT2D eigenvalue weighted by Crippen LogP contribution is -2.54. The number of hydrogen-bond acceptors (Lipinski definition) is 2. The van der Waals surface area contributed by atoms with E-state index in [0.29, 0.717) is 5.92 Å². The van der Waals surface area contributed by atoms with E-state index in [-0.39, 0.29) is 28.5 Å². The lowest BCUT2D eigenvalue weighted by atomic mass is 9.49. The van der Waals surface area contributed by atoms with Crippen LogP contribution in [0.5, 0.6) is 0 Å². The van der Waals surface area contributed by atoms with E-state index < -0.39 is 0 Å². The van der Waals surface area contributed by atoms with Gasteiger partial charge in [-0.1, -0.05) is 20.8 Å². The zero-order valence-corrected chi connectivity index (χ0v) is 11.4. The Morgan fingerprint density at radius 3 is 2.35 bits per heavy atom. The number of aliphatic hydroxyl groups is 2. The first-order valence-corrected chi connectivity index (χ1v) is 7.16. The van der Waals surface area contributed by atoms with Crippen LogP contribution in [0.15, 0.2) is 0 Å². The maximum Gasteiger partial charge on any atom is 0.0604 e. The molecule has 0 saturated heterocycles. The van der Waals surface area contributed by atoms with Crippen molar-refractivity contribution in [2.75, 3.05) is 0 Å². The Balaban J connectivity index is 2.00. The van der Waals surface area contributed by atoms with E-state index in [0.717, 1.165) is 32.1 Å². The van der Waals surface area contributed by atoms with Gasteiger partial charge in [0.05, 0.1) is 12.2 Å². The van der Waals surface area contributed by atoms with Gasteiger partial charge in [-0.2, -0.15) is 0 Å². The first-order valence-electron chi connectivity index (χ1n) is 7.16. The molecule has 0 aromatic carbocycles. The van der Waals surface area contributed by atoms with Gasteiger partial charge in [0.1, 0.15) is 0 Å². The molecule has 0 heterocycles. The molecule has 0 aliphatic heterocycles. The molecule has 3 aliphatic rings. The molecular formula is C15H26O2. The molecule has 0 unspecified atom stereocenters. The van der Waals surface area contributed by atoms with Crippen molar-refractivity contribution in [1.82, 2.24) is 0 Å². The van der Waals surface area contributed by atoms with Gasteiger partial charge in [-0.15, -0.1) is 0 Å². The van der Waals surface area contributed by atoms with Crippen LogP contribution in [-0.2, 0) is 0 Å². The Morgan fingerprint density at radius 1 is 0.941 bits per heavy atom. The van der Waals surface area contributed by atoms with Crippen LogP contribution < -0.4 is 0 Å². The third-order valence-electron chi connectivity index (χ3n) is 6.45. The summed E-state index contributed by atoms with van der Waals surface area (Å²) in [5, 5.41) is 20.8. The Labute approximate surface area is 104 Å². The van der Waals surface area contributed by atoms with Crippen LogP contribution in [0.4, 0.5) is 0 Å². The van der Waals surface area contributed by atoms with E-state index in [1.54, 1.807) is 0 Å². The van der Waals surface area contributed by atoms with Crippen molar-refractivity contribution in [2.24, 2.45) is 22.2 Å². The summed E-state index contributed by atoms with van der Waals surface area (Å²) in [5.41, 5.74) is 0.467. The van der Waals surface area contributed by atoms with Gasteiger partial charge in [0.25, 0.3) is 0 Å². The third kappa shape index (κ3) is 1.40. The molecule has 2 nitrogen and oxygen atoms in total. The number of rotatable bonds is 0. The minimum atomic E-state index is -0.148. The minimum Gasteiger partial charge on any atom is -0.393 e. The van der Waals surface area contributed by atoms with Gasteiger partial charge in [-0.25, -0.2) is 0 Å². The standard InChI is InChI=1S/C15H26O2/c1-13(2)8-12(17)15-7-5-11(16)14(3,9-15)6-4-10(13)15/h10-12,16-17H,4-9H2,1-3H3/t10-,11+,12-,14-,15-/m0/s1. The SMILES string of the molecule is CC1(C)C[C@H](O)[C@]23CC[C@@H](O)[C@@](C)(CC[C@@H]12)C3. The molecule has 3 fully saturated rings. The molecule has 2 heteroatoms. The molecule has 2 N–H and O–H groups in total. The molecule has 17 heavy (non-hydrogen) atoms. The molecule has 98 valence electrons. The first-order chi connectivity index (χ1) is 7.80. The molecule has 1 spiro atoms. The number of fused-ring (bicyclic) bond motifs is 1. The van der Waals surface area contributed by atoms with Crippen molar-refractivity contribution in [1.29, 1.82) is 0 Å². The van der Waals surface area contributed by atoms with Crippen molar-refractivity contribution in [3.05, 3.63) is 0 Å². The highest BCUT2D eigenvalue weighted by atomic mass is 16.3. The van der Waals surface area contributed by atoms with E-state index in [1.165, 1.54) is 6.42 Å². The molecule has 3 rings (SSSR count). The van der Waals surface area contributed by atoms with Crippen molar-refractivity contribution < 1.29 is 10.2 Å². The van der Waals surface area contributed by atoms with Gasteiger partial charge in [0.15, 0.2) is 0 Å². The Bertz CT molecular complexity index is 338. The molecule has 0 aromatic rings. The summed E-state index contributed by atoms with van der Waals surface area (Å²) in [7, 11) is 0. The van der Waals surface area contributed by atoms with Crippen LogP contribution in [0.2, 0.25) is 0 Å². The van der Waals surface area contributed by atoms with Crippen molar-refractivity contribution >= 4 is 0 Å². The van der Waals surface area contributed by atoms with Gasteiger partial charge in [-0.05, 0) is 55.3 Å². The predicted octanol–water partition coefficient (Wildman–Crippen LogP) is 2.72. The molecule has 0 radical (unpaired) electrons. The van der Waals surface area contributed by atoms with E-state index in [1.807, 2.05) is 0 Å². The van der Waals surface area contributed by atoms with Crippen LogP contribution in [0, 0.1) is 22.2 Å². The average Bonchev–Trinajstić information content (AvgIpc) is 2.41. The molecule has 2 bridgehead atoms. The van der Waals surface area contributed by atoms with Gasteiger partial charge in [-0.3, -0.25) is 0 Å². The van der Waals surface area contributed by atoms with Gasteiger partial charge >= 0.3 is 0 Å². The summed E-state index contributed by atoms with van der Waals surface area (Å²) in [6, 6.07) is 0. The lowest BCUT2D eigenvalue weighted by molar-refractivity contribution is -0.144. The summed E-state index contributed by atoms with van der Waals surface area (Å²) >= 11 is 0. The molecule has 0 aromatic heterocycles. The highest BCUT2D eigenvalue weighted by molar-refractivity contribution is 5.14. The van der Waals surface area contributed by atoms with Crippen LogP contribution in [-0.4, -0.2) is 22.4 Å². The van der Waals surface area contributed by atoms with Crippen LogP contribution in [0.3, 0.4) is 0 Å². The van der Waals surface area contributed by atoms with E-state index in [9.17, 15) is 10.2 Å². The van der Waals surface area contributed by atoms with Gasteiger partial charge in [0.2, 0.25) is 0 Å². The fourth-order valence-electron chi connectivity index (χ4n) is 5.56. The van der Waals surface area contributed by atoms with Gasteiger partial charge in [0, 0.05) is 5.41 Å². The van der Waals surface area contributed by atoms with Crippen molar-refractivity contribution in [3.63, 3.8) is 0 Å². The minimum absolute atomic E-state index is 0.0656. The quantitative estimate of drug-likeness (QED) is 0.681. The fraction of sp³-hybridized carbons (Fsp3) is 1.00. The van der Waals surface area contributed by atoms with Gasteiger partial charge < -0.3 is 10.2 Å². The second-order valence-corrected chi connectivity index (χ2v) is 7.92. The summed E-state index contributed by atoms with van der Waals surface area (Å²) in [6.07, 6.45) is 5.94. The summed E-state index contributed by atoms with van der Waals surface area (Å²) in [6.45, 7) is 6.87. The van der Waals surface area contributed by atoms with Crippen LogP contribution in [0.1, 0.15) is 59.3 Å². The number of hydrogen-bond donors (Lipinski definition) is 2. The first kappa shape index (κ1) is 12.0. The fourth-order valence-corrected chi connectivity index (χ4v) is 5.56. The topological polar surface area (TPSA) is 40.5 Å². The molecular weight excluding hydrogens is 212 g/mol. The van der Waals surface area contributed by atoms with Crippen LogP contribution in [0.25, 0.3) is 0 Å². The van der Waals surface area contributed by atoms with Crippen molar-refractivity contribution in [3.8, 4) is 0 Å². The lowest BCUT2D eigenvalue weighted by Gasteiger charge is -2.57. The van der Waals surface area contributed by atoms with E-state index in [2.05, 4.69) is 20.8 Å². The largest absolute Gasteiger partial charge is 0.393 e. The Kier molecular flexibility index (Phi) is 2.30. The van der Waals surface area contributed by atoms with E-state index in [4.69, 9.17) is 0 Å². The highest BCUT2D eigenvalue weighted by Crippen LogP contribution is 2.68. The average molecular weight is 238 g/mol. The summed E-state index contributed by atoms with van der Waals surface area (Å²) in [4.78, 5) is 0. The maximum absolute atomic E-state index is 10.6. The normalized spacial score (nSPS) is 56.6. The molecule has 3 saturated carbocycles. The molecule has 0 amide bonds. The third-order valence-corrected chi connectivity index (χ3v) is 6.45. The number of aliphatic hydroxyl groups excluding tert-OH is 2. The second kappa shape index (κ2) is 3.27. The zero-order chi connectivity index (χ0) is 12.5. The Morgan fingerprint density at radius 2 is 1.65 bits per heavy atom. The second-order valence-electron chi connectivity index (χ2n) is 7.92. The summed E-state index contributed by atoms with van der Waals surface area (Å²) in [5.74, 6) is 0.658. The summed E-state index contributed by atoms with van der Waals surface area (Å²) < 4.78 is 0. The monoisotopic (exact) mass is 238 g/mol.